The van der Waals surface area contributed by atoms with Crippen LogP contribution in [-0.2, 0) is 9.53 Å². The maximum Gasteiger partial charge on any atom is 0.185 e. The van der Waals surface area contributed by atoms with Crippen molar-refractivity contribution in [3.8, 4) is 0 Å². The van der Waals surface area contributed by atoms with Crippen LogP contribution in [0.25, 0.3) is 0 Å². The smallest absolute Gasteiger partial charge is 0.185 e. The number of aliphatic hydroxyl groups is 1. The molecule has 1 atom stereocenters. The molecular weight excluding hydrogens is 192 g/mol. The first-order valence-electron chi connectivity index (χ1n) is 3.85. The third-order valence-corrected chi connectivity index (χ3v) is 2.34. The summed E-state index contributed by atoms with van der Waals surface area (Å²) in [6.45, 7) is 1.62. The molecule has 0 fully saturated rings. The summed E-state index contributed by atoms with van der Waals surface area (Å²) < 4.78 is 4.93. The van der Waals surface area contributed by atoms with Crippen LogP contribution in [0.2, 0.25) is 0 Å². The largest absolute Gasteiger partial charge is 0.498 e. The van der Waals surface area contributed by atoms with Crippen LogP contribution in [-0.4, -0.2) is 30.0 Å². The maximum absolute atomic E-state index is 11.3. The fourth-order valence-electron chi connectivity index (χ4n) is 1.23. The number of ketones is 1. The minimum atomic E-state index is -0.875. The van der Waals surface area contributed by atoms with Crippen molar-refractivity contribution in [3.05, 3.63) is 23.0 Å². The van der Waals surface area contributed by atoms with E-state index in [1.54, 1.807) is 6.92 Å². The Hall–Kier alpha value is -0.800. The molecule has 0 radical (unpaired) electrons. The normalized spacial score (nSPS) is 23.2. The number of methoxy groups -OCH3 is 1. The molecule has 13 heavy (non-hydrogen) atoms. The first-order chi connectivity index (χ1) is 6.11. The minimum absolute atomic E-state index is 0.132. The number of aliphatic hydroxyl groups excluding tert-OH is 1. The molecule has 0 heterocycles. The van der Waals surface area contributed by atoms with Gasteiger partial charge in [-0.05, 0) is 18.6 Å². The third kappa shape index (κ3) is 1.76. The van der Waals surface area contributed by atoms with Gasteiger partial charge in [-0.2, -0.15) is 0 Å². The molecule has 0 aromatic carbocycles. The molecule has 0 spiro atoms. The molecule has 4 heteroatoms. The lowest BCUT2D eigenvalue weighted by molar-refractivity contribution is -0.112. The van der Waals surface area contributed by atoms with Gasteiger partial charge in [0.25, 0.3) is 0 Å². The lowest BCUT2D eigenvalue weighted by Crippen LogP contribution is -2.24. The average Bonchev–Trinajstić information content (AvgIpc) is 2.12. The summed E-state index contributed by atoms with van der Waals surface area (Å²) in [4.78, 5) is 11.3. The number of ether oxygens (including phenoxy) is 1. The highest BCUT2D eigenvalue weighted by atomic mass is 35.5. The summed E-state index contributed by atoms with van der Waals surface area (Å²) in [5.74, 6) is 0.272. The molecule has 0 aromatic heterocycles. The van der Waals surface area contributed by atoms with Gasteiger partial charge in [0.15, 0.2) is 5.78 Å². The Morgan fingerprint density at radius 3 is 2.77 bits per heavy atom. The number of hydrogen-bond acceptors (Lipinski definition) is 3. The van der Waals surface area contributed by atoms with Crippen molar-refractivity contribution in [2.24, 2.45) is 0 Å². The first kappa shape index (κ1) is 10.3. The summed E-state index contributed by atoms with van der Waals surface area (Å²) in [5.41, 5.74) is 0.915. The Morgan fingerprint density at radius 2 is 2.31 bits per heavy atom. The van der Waals surface area contributed by atoms with Crippen molar-refractivity contribution < 1.29 is 14.6 Å². The zero-order valence-electron chi connectivity index (χ0n) is 7.50. The van der Waals surface area contributed by atoms with Crippen molar-refractivity contribution >= 4 is 17.4 Å². The second kappa shape index (κ2) is 3.94. The summed E-state index contributed by atoms with van der Waals surface area (Å²) in [5, 5.41) is 9.63. The van der Waals surface area contributed by atoms with Crippen molar-refractivity contribution in [3.63, 3.8) is 0 Å². The van der Waals surface area contributed by atoms with E-state index < -0.39 is 6.10 Å². The Bertz CT molecular complexity index is 291. The second-order valence-electron chi connectivity index (χ2n) is 2.81. The van der Waals surface area contributed by atoms with E-state index in [9.17, 15) is 9.90 Å². The SMILES string of the molecule is COC1=C(C)C(=O)C=C(CCl)C1O. The molecule has 1 aliphatic carbocycles. The average molecular weight is 203 g/mol. The van der Waals surface area contributed by atoms with Gasteiger partial charge in [-0.1, -0.05) is 0 Å². The fraction of sp³-hybridized carbons (Fsp3) is 0.444. The zero-order chi connectivity index (χ0) is 10.0. The van der Waals surface area contributed by atoms with Gasteiger partial charge in [0.05, 0.1) is 7.11 Å². The van der Waals surface area contributed by atoms with E-state index in [1.807, 2.05) is 0 Å². The van der Waals surface area contributed by atoms with Crippen LogP contribution in [0, 0.1) is 0 Å². The Kier molecular flexibility index (Phi) is 3.12. The molecule has 0 bridgehead atoms. The molecule has 1 rings (SSSR count). The Balaban J connectivity index is 3.06. The molecule has 1 unspecified atom stereocenters. The van der Waals surface area contributed by atoms with Crippen LogP contribution in [0.1, 0.15) is 6.92 Å². The van der Waals surface area contributed by atoms with E-state index >= 15 is 0 Å². The van der Waals surface area contributed by atoms with Crippen LogP contribution in [0.4, 0.5) is 0 Å². The highest BCUT2D eigenvalue weighted by molar-refractivity contribution is 6.20. The lowest BCUT2D eigenvalue weighted by Gasteiger charge is -2.21. The van der Waals surface area contributed by atoms with Crippen molar-refractivity contribution in [2.45, 2.75) is 13.0 Å². The lowest BCUT2D eigenvalue weighted by atomic mass is 9.96. The van der Waals surface area contributed by atoms with Crippen molar-refractivity contribution in [1.29, 1.82) is 0 Å². The first-order valence-corrected chi connectivity index (χ1v) is 4.38. The van der Waals surface area contributed by atoms with Crippen LogP contribution in [0.15, 0.2) is 23.0 Å². The van der Waals surface area contributed by atoms with Gasteiger partial charge in [0.2, 0.25) is 0 Å². The number of carbonyl (C=O) groups excluding carboxylic acids is 1. The molecule has 0 aliphatic heterocycles. The molecule has 0 saturated carbocycles. The number of rotatable bonds is 2. The van der Waals surface area contributed by atoms with E-state index in [0.717, 1.165) is 0 Å². The number of allylic oxidation sites excluding steroid dienone is 2. The monoisotopic (exact) mass is 202 g/mol. The van der Waals surface area contributed by atoms with Crippen LogP contribution >= 0.6 is 11.6 Å². The fourth-order valence-corrected chi connectivity index (χ4v) is 1.45. The molecule has 0 saturated heterocycles. The molecule has 0 aromatic rings. The Labute approximate surface area is 81.6 Å². The molecule has 1 aliphatic rings. The zero-order valence-corrected chi connectivity index (χ0v) is 8.26. The Morgan fingerprint density at radius 1 is 1.69 bits per heavy atom. The standard InChI is InChI=1S/C9H11ClO3/c1-5-7(11)3-6(4-10)8(12)9(5)13-2/h3,8,12H,4H2,1-2H3. The van der Waals surface area contributed by atoms with E-state index in [4.69, 9.17) is 16.3 Å². The maximum atomic E-state index is 11.3. The van der Waals surface area contributed by atoms with Crippen LogP contribution in [0.3, 0.4) is 0 Å². The van der Waals surface area contributed by atoms with Gasteiger partial charge in [0.1, 0.15) is 11.9 Å². The molecule has 1 N–H and O–H groups in total. The summed E-state index contributed by atoms with van der Waals surface area (Å²) >= 11 is 5.55. The highest BCUT2D eigenvalue weighted by Gasteiger charge is 2.26. The van der Waals surface area contributed by atoms with Crippen LogP contribution in [0.5, 0.6) is 0 Å². The van der Waals surface area contributed by atoms with Gasteiger partial charge < -0.3 is 9.84 Å². The van der Waals surface area contributed by atoms with E-state index in [0.29, 0.717) is 16.9 Å². The summed E-state index contributed by atoms with van der Waals surface area (Å²) in [7, 11) is 1.42. The number of hydrogen-bond donors (Lipinski definition) is 1. The van der Waals surface area contributed by atoms with E-state index in [1.165, 1.54) is 13.2 Å². The van der Waals surface area contributed by atoms with E-state index in [-0.39, 0.29) is 11.7 Å². The van der Waals surface area contributed by atoms with Gasteiger partial charge in [-0.25, -0.2) is 0 Å². The van der Waals surface area contributed by atoms with Gasteiger partial charge >= 0.3 is 0 Å². The predicted molar refractivity (Wildman–Crippen MR) is 49.5 cm³/mol. The minimum Gasteiger partial charge on any atom is -0.498 e. The third-order valence-electron chi connectivity index (χ3n) is 2.03. The van der Waals surface area contributed by atoms with Crippen molar-refractivity contribution in [2.75, 3.05) is 13.0 Å². The number of alkyl halides is 1. The van der Waals surface area contributed by atoms with Crippen molar-refractivity contribution in [1.82, 2.24) is 0 Å². The van der Waals surface area contributed by atoms with E-state index in [2.05, 4.69) is 0 Å². The second-order valence-corrected chi connectivity index (χ2v) is 3.08. The number of carbonyl (C=O) groups is 1. The predicted octanol–water partition coefficient (Wildman–Crippen LogP) is 1.02. The molecule has 3 nitrogen and oxygen atoms in total. The van der Waals surface area contributed by atoms with Gasteiger partial charge in [-0.15, -0.1) is 11.6 Å². The summed E-state index contributed by atoms with van der Waals surface area (Å²) in [6.07, 6.45) is 0.482. The van der Waals surface area contributed by atoms with Gasteiger partial charge in [0, 0.05) is 11.5 Å². The summed E-state index contributed by atoms with van der Waals surface area (Å²) in [6, 6.07) is 0. The highest BCUT2D eigenvalue weighted by Crippen LogP contribution is 2.23. The molecule has 72 valence electrons. The topological polar surface area (TPSA) is 46.5 Å². The van der Waals surface area contributed by atoms with Crippen LogP contribution < -0.4 is 0 Å². The quantitative estimate of drug-likeness (QED) is 0.680. The van der Waals surface area contributed by atoms with Gasteiger partial charge in [-0.3, -0.25) is 4.79 Å². The molecule has 0 amide bonds. The molecular formula is C9H11ClO3. The number of halogens is 1.